The summed E-state index contributed by atoms with van der Waals surface area (Å²) in [5, 5.41) is 46.5. The third kappa shape index (κ3) is 29.9. The number of nitrogens with zero attached hydrogens (tertiary/aromatic N) is 6. The topological polar surface area (TPSA) is 251 Å². The molecule has 0 spiro atoms. The fraction of sp³-hybridized carbons (Fsp3) is 0.194. The van der Waals surface area contributed by atoms with Gasteiger partial charge in [0.1, 0.15) is 93.3 Å². The van der Waals surface area contributed by atoms with Crippen LogP contribution in [0.25, 0.3) is 39.8 Å². The molecule has 1 unspecified atom stereocenters. The van der Waals surface area contributed by atoms with Gasteiger partial charge in [-0.3, -0.25) is 0 Å². The SMILES string of the molecule is C=CB1OC(C)(C)C(C)(C)O1.C=Cc1cc(C#N)nc(-c2ccc(Oc3ccc(F)cc3)cc2)c1.CP(C)O.C[PH](C)=O.C[PH](C)=O.N#Cc1cc(C(O)CO)cc(-c2ccc(Oc3ccc(F)cc3)cc2)n1.N#Cc1cc(Cl)cc(-c2ccc(Oc3ccc(F)cc3)cc2)n1.[PtH]. The number of aliphatic hydroxyl groups excluding tert-OH is 2. The average molecular weight is 1580 g/mol. The van der Waals surface area contributed by atoms with Gasteiger partial charge in [-0.25, -0.2) is 28.1 Å². The fourth-order valence-corrected chi connectivity index (χ4v) is 7.82. The standard InChI is InChI=1S/C20H15FN2O3.C20H13FN2O.C18H10ClFN2O.C8H15BO2.3C2H7OP.Pt.H/c21-15-3-7-18(8-4-15)26-17-5-1-13(2-6-17)19-10-14(20(25)12-24)9-16(11-22)23-19;1-2-14-11-17(13-22)23-20(12-14)15-3-7-18(8-4-15)24-19-9-5-16(21)6-10-19;19-13-9-15(11-21)22-18(10-13)12-1-5-16(6-2-12)23-17-7-3-14(20)4-8-17;1-6-9-10-7(2,3)8(4,5)11-9;3*1-4(2)3;;/h1-10,20,24-25H,12H2;2-12H,1H2;1-10H;6H,1H2,2-5H3;2*4H,1-2H3;3H,1-2H3;;. The number of rotatable bonds is 13. The minimum absolute atomic E-state index is 0. The molecule has 4 heterocycles. The van der Waals surface area contributed by atoms with Crippen molar-refractivity contribution in [1.29, 1.82) is 15.8 Å². The third-order valence-corrected chi connectivity index (χ3v) is 12.9. The van der Waals surface area contributed by atoms with Crippen LogP contribution in [-0.2, 0) is 39.5 Å². The molecular formula is C72H75BClF3N6O10P3Pt. The number of halogens is 4. The predicted molar refractivity (Wildman–Crippen MR) is 380 cm³/mol. The molecule has 3 N–H and O–H groups in total. The van der Waals surface area contributed by atoms with E-state index in [1.807, 2.05) is 76.2 Å². The fourth-order valence-electron chi connectivity index (χ4n) is 7.61. The summed E-state index contributed by atoms with van der Waals surface area (Å²) in [5.41, 5.74) is 5.75. The Labute approximate surface area is 587 Å². The van der Waals surface area contributed by atoms with Gasteiger partial charge in [0.15, 0.2) is 0 Å². The number of ether oxygens (including phenoxy) is 3. The van der Waals surface area contributed by atoms with Crippen molar-refractivity contribution in [2.75, 3.05) is 46.6 Å². The van der Waals surface area contributed by atoms with E-state index in [9.17, 15) is 27.4 Å². The predicted octanol–water partition coefficient (Wildman–Crippen LogP) is 17.8. The van der Waals surface area contributed by atoms with E-state index >= 15 is 0 Å². The molecule has 1 fully saturated rings. The van der Waals surface area contributed by atoms with Gasteiger partial charge in [0, 0.05) is 29.9 Å². The second-order valence-corrected chi connectivity index (χ2v) is 27.7. The molecule has 1 aliphatic rings. The van der Waals surface area contributed by atoms with Crippen molar-refractivity contribution < 1.29 is 82.0 Å². The van der Waals surface area contributed by atoms with Gasteiger partial charge >= 0.3 is 28.2 Å². The van der Waals surface area contributed by atoms with Crippen LogP contribution in [0.2, 0.25) is 5.02 Å². The normalized spacial score (nSPS) is 12.2. The first-order valence-corrected chi connectivity index (χ1v) is 36.6. The van der Waals surface area contributed by atoms with Gasteiger partial charge in [-0.2, -0.15) is 15.8 Å². The maximum atomic E-state index is 12.9. The van der Waals surface area contributed by atoms with Crippen LogP contribution in [-0.4, -0.2) is 95.0 Å². The van der Waals surface area contributed by atoms with Crippen LogP contribution < -0.4 is 14.2 Å². The van der Waals surface area contributed by atoms with Gasteiger partial charge in [-0.1, -0.05) is 30.2 Å². The number of hydrogen-bond acceptors (Lipinski definition) is 16. The summed E-state index contributed by atoms with van der Waals surface area (Å²) in [4.78, 5) is 20.9. The Balaban J connectivity index is 0.000000325. The number of aliphatic hydroxyl groups is 2. The Hall–Kier alpha value is -8.36. The van der Waals surface area contributed by atoms with Crippen LogP contribution >= 0.6 is 35.4 Å². The summed E-state index contributed by atoms with van der Waals surface area (Å²) in [6.45, 7) is 25.4. The summed E-state index contributed by atoms with van der Waals surface area (Å²) >= 11 is 5.98. The van der Waals surface area contributed by atoms with Crippen molar-refractivity contribution in [3.05, 3.63) is 252 Å². The number of pyridine rings is 3. The zero-order valence-electron chi connectivity index (χ0n) is 54.9. The Bertz CT molecular complexity index is 4110. The quantitative estimate of drug-likeness (QED) is 0.0717. The van der Waals surface area contributed by atoms with E-state index < -0.39 is 36.5 Å². The third-order valence-electron chi connectivity index (χ3n) is 12.7. The summed E-state index contributed by atoms with van der Waals surface area (Å²) in [7, 11) is -3.13. The summed E-state index contributed by atoms with van der Waals surface area (Å²) in [6.07, 6.45) is 0.600. The molecule has 0 bridgehead atoms. The van der Waals surface area contributed by atoms with E-state index in [1.165, 1.54) is 60.7 Å². The zero-order valence-corrected chi connectivity index (χ0v) is 61.0. The minimum atomic E-state index is -1.13. The van der Waals surface area contributed by atoms with Crippen molar-refractivity contribution in [1.82, 2.24) is 15.0 Å². The first kappa shape index (κ1) is 82.9. The van der Waals surface area contributed by atoms with Crippen LogP contribution in [0.5, 0.6) is 34.5 Å². The molecule has 0 radical (unpaired) electrons. The van der Waals surface area contributed by atoms with Gasteiger partial charge < -0.3 is 47.8 Å². The molecule has 25 heteroatoms. The summed E-state index contributed by atoms with van der Waals surface area (Å²) < 4.78 is 86.0. The Morgan fingerprint density at radius 2 is 0.835 bits per heavy atom. The van der Waals surface area contributed by atoms with Crippen LogP contribution in [0, 0.1) is 51.4 Å². The van der Waals surface area contributed by atoms with Gasteiger partial charge in [0.2, 0.25) is 0 Å². The van der Waals surface area contributed by atoms with Crippen LogP contribution in [0.3, 0.4) is 0 Å². The van der Waals surface area contributed by atoms with Gasteiger partial charge in [-0.05, 0) is 261 Å². The average Bonchev–Trinajstić information content (AvgIpc) is 1.52. The van der Waals surface area contributed by atoms with E-state index in [4.69, 9.17) is 60.9 Å². The molecule has 16 nitrogen and oxygen atoms in total. The zero-order chi connectivity index (χ0) is 71.1. The van der Waals surface area contributed by atoms with E-state index in [0.29, 0.717) is 67.9 Å². The second kappa shape index (κ2) is 41.7. The first-order chi connectivity index (χ1) is 45.5. The molecule has 9 aromatic rings. The molecule has 1 atom stereocenters. The monoisotopic (exact) mass is 1570 g/mol. The molecule has 1 saturated heterocycles. The van der Waals surface area contributed by atoms with Crippen molar-refractivity contribution in [2.45, 2.75) is 45.0 Å². The van der Waals surface area contributed by atoms with Gasteiger partial charge in [0.05, 0.1) is 50.5 Å². The van der Waals surface area contributed by atoms with Crippen molar-refractivity contribution in [2.24, 2.45) is 0 Å². The molecule has 97 heavy (non-hydrogen) atoms. The first-order valence-electron chi connectivity index (χ1n) is 29.2. The number of benzene rings is 6. The molecule has 509 valence electrons. The Morgan fingerprint density at radius 3 is 1.11 bits per heavy atom. The molecule has 10 rings (SSSR count). The van der Waals surface area contributed by atoms with Crippen molar-refractivity contribution in [3.8, 4) is 86.5 Å². The molecule has 1 aliphatic heterocycles. The summed E-state index contributed by atoms with van der Waals surface area (Å²) in [6, 6.07) is 54.5. The summed E-state index contributed by atoms with van der Waals surface area (Å²) in [5.74, 6) is 4.15. The number of aromatic nitrogens is 3. The van der Waals surface area contributed by atoms with Gasteiger partial charge in [-0.15, -0.1) is 6.58 Å². The van der Waals surface area contributed by atoms with Crippen LogP contribution in [0.1, 0.15) is 62.0 Å². The molecule has 6 aromatic carbocycles. The van der Waals surface area contributed by atoms with Crippen molar-refractivity contribution >= 4 is 48.5 Å². The molecule has 0 amide bonds. The van der Waals surface area contributed by atoms with E-state index in [0.717, 1.165) is 22.3 Å². The molecule has 3 aromatic heterocycles. The Morgan fingerprint density at radius 1 is 0.557 bits per heavy atom. The van der Waals surface area contributed by atoms with E-state index in [2.05, 4.69) is 28.1 Å². The number of nitriles is 3. The molecule has 0 aliphatic carbocycles. The second-order valence-electron chi connectivity index (χ2n) is 21.9. The molecular weight excluding hydrogens is 1500 g/mol. The van der Waals surface area contributed by atoms with Crippen LogP contribution in [0.4, 0.5) is 13.2 Å². The van der Waals surface area contributed by atoms with Crippen molar-refractivity contribution in [3.63, 3.8) is 0 Å². The van der Waals surface area contributed by atoms with Gasteiger partial charge in [0.25, 0.3) is 0 Å². The molecule has 0 saturated carbocycles. The van der Waals surface area contributed by atoms with E-state index in [-0.39, 0.29) is 68.2 Å². The maximum absolute atomic E-state index is 12.9. The Kier molecular flexibility index (Phi) is 35.6. The van der Waals surface area contributed by atoms with Crippen LogP contribution in [0.15, 0.2) is 201 Å². The van der Waals surface area contributed by atoms with E-state index in [1.54, 1.807) is 143 Å². The number of hydrogen-bond donors (Lipinski definition) is 3.